The molecular weight excluding hydrogens is 388 g/mol. The molecule has 0 saturated heterocycles. The molecule has 0 saturated carbocycles. The minimum Gasteiger partial charge on any atom is -0.465 e. The van der Waals surface area contributed by atoms with Gasteiger partial charge in [0.2, 0.25) is 10.9 Å². The lowest BCUT2D eigenvalue weighted by Gasteiger charge is -2.14. The number of halogens is 3. The maximum Gasteiger partial charge on any atom is 0.337 e. The zero-order valence-electron chi connectivity index (χ0n) is 13.5. The molecule has 2 rings (SSSR count). The van der Waals surface area contributed by atoms with E-state index in [1.807, 2.05) is 0 Å². The number of carbonyl (C=O) groups excluding carboxylic acids is 1. The minimum absolute atomic E-state index is 0.0170. The Hall–Kier alpha value is -2.45. The highest BCUT2D eigenvalue weighted by Crippen LogP contribution is 2.18. The summed E-state index contributed by atoms with van der Waals surface area (Å²) in [6.45, 7) is -0.280. The number of hydrogen-bond acceptors (Lipinski definition) is 4. The van der Waals surface area contributed by atoms with Gasteiger partial charge in [-0.3, -0.25) is 4.31 Å². The molecule has 138 valence electrons. The Morgan fingerprint density at radius 3 is 2.50 bits per heavy atom. The molecule has 0 amide bonds. The molecule has 0 aromatic heterocycles. The lowest BCUT2D eigenvalue weighted by atomic mass is 10.1. The van der Waals surface area contributed by atoms with E-state index in [-0.39, 0.29) is 22.7 Å². The molecule has 2 aromatic carbocycles. The number of benzene rings is 2. The predicted octanol–water partition coefficient (Wildman–Crippen LogP) is 3.40. The summed E-state index contributed by atoms with van der Waals surface area (Å²) in [6, 6.07) is 7.50. The molecule has 0 N–H and O–H groups in total. The van der Waals surface area contributed by atoms with Gasteiger partial charge in [0.05, 0.1) is 24.2 Å². The Kier molecular flexibility index (Phi) is 6.70. The van der Waals surface area contributed by atoms with E-state index >= 15 is 0 Å². The number of rotatable bonds is 6. The van der Waals surface area contributed by atoms with Crippen molar-refractivity contribution in [2.24, 2.45) is 0 Å². The van der Waals surface area contributed by atoms with E-state index in [9.17, 15) is 22.0 Å². The molecule has 0 fully saturated rings. The molecular formula is C17H14ClF2NO4S. The third-order valence-electron chi connectivity index (χ3n) is 3.40. The summed E-state index contributed by atoms with van der Waals surface area (Å²) in [4.78, 5) is 11.4. The van der Waals surface area contributed by atoms with E-state index in [1.54, 1.807) is 0 Å². The fraction of sp³-hybridized carbons (Fsp3) is 0.118. The normalized spacial score (nSPS) is 11.1. The Morgan fingerprint density at radius 1 is 1.19 bits per heavy atom. The van der Waals surface area contributed by atoms with E-state index < -0.39 is 28.5 Å². The molecule has 2 aromatic rings. The summed E-state index contributed by atoms with van der Waals surface area (Å²) >= 11 is 5.67. The molecule has 0 aliphatic heterocycles. The van der Waals surface area contributed by atoms with Gasteiger partial charge in [0.25, 0.3) is 0 Å². The van der Waals surface area contributed by atoms with Gasteiger partial charge in [-0.25, -0.2) is 22.0 Å². The topological polar surface area (TPSA) is 63.7 Å². The van der Waals surface area contributed by atoms with E-state index in [0.29, 0.717) is 5.56 Å². The molecule has 0 bridgehead atoms. The molecule has 26 heavy (non-hydrogen) atoms. The van der Waals surface area contributed by atoms with Gasteiger partial charge in [-0.15, -0.1) is 0 Å². The van der Waals surface area contributed by atoms with Gasteiger partial charge in [0.1, 0.15) is 11.6 Å². The molecule has 5 nitrogen and oxygen atoms in total. The summed E-state index contributed by atoms with van der Waals surface area (Å²) in [5, 5.41) is -0.102. The lowest BCUT2D eigenvalue weighted by molar-refractivity contribution is 0.0600. The maximum absolute atomic E-state index is 14.1. The van der Waals surface area contributed by atoms with Crippen LogP contribution in [0, 0.1) is 11.6 Å². The van der Waals surface area contributed by atoms with Crippen molar-refractivity contribution in [2.75, 3.05) is 7.11 Å². The number of methoxy groups -OCH3 is 1. The van der Waals surface area contributed by atoms with E-state index in [4.69, 9.17) is 11.6 Å². The van der Waals surface area contributed by atoms with Crippen LogP contribution in [0.15, 0.2) is 42.6 Å². The summed E-state index contributed by atoms with van der Waals surface area (Å²) in [5.74, 6) is -2.04. The van der Waals surface area contributed by atoms with Crippen LogP contribution in [0.3, 0.4) is 0 Å². The molecule has 0 heterocycles. The van der Waals surface area contributed by atoms with Crippen LogP contribution in [0.5, 0.6) is 0 Å². The average molecular weight is 402 g/mol. The summed E-state index contributed by atoms with van der Waals surface area (Å²) < 4.78 is 55.4. The number of carbonyl (C=O) groups is 1. The van der Waals surface area contributed by atoms with Crippen molar-refractivity contribution in [2.45, 2.75) is 6.54 Å². The average Bonchev–Trinajstić information content (AvgIpc) is 2.61. The van der Waals surface area contributed by atoms with Crippen LogP contribution < -0.4 is 0 Å². The summed E-state index contributed by atoms with van der Waals surface area (Å²) in [6.07, 6.45) is 2.61. The number of hydrogen-bond donors (Lipinski definition) is 1. The Labute approximate surface area is 155 Å². The third kappa shape index (κ3) is 5.03. The molecule has 0 unspecified atom stereocenters. The highest BCUT2D eigenvalue weighted by atomic mass is 35.5. The van der Waals surface area contributed by atoms with Crippen LogP contribution in [-0.4, -0.2) is 25.8 Å². The Bertz CT molecular complexity index is 923. The molecule has 0 spiro atoms. The van der Waals surface area contributed by atoms with Crippen molar-refractivity contribution in [3.8, 4) is 0 Å². The zero-order valence-corrected chi connectivity index (χ0v) is 15.1. The Morgan fingerprint density at radius 2 is 1.92 bits per heavy atom. The van der Waals surface area contributed by atoms with Gasteiger partial charge in [0.15, 0.2) is 0 Å². The van der Waals surface area contributed by atoms with Crippen LogP contribution >= 0.6 is 11.6 Å². The highest BCUT2D eigenvalue weighted by Gasteiger charge is 2.12. The summed E-state index contributed by atoms with van der Waals surface area (Å²) in [5.41, 5.74) is 0.557. The minimum atomic E-state index is -3.05. The first kappa shape index (κ1) is 19.9. The highest BCUT2D eigenvalue weighted by molar-refractivity contribution is 7.69. The quantitative estimate of drug-likeness (QED) is 0.595. The number of thiol groups is 1. The predicted molar refractivity (Wildman–Crippen MR) is 94.0 cm³/mol. The van der Waals surface area contributed by atoms with Crippen molar-refractivity contribution in [3.63, 3.8) is 0 Å². The largest absolute Gasteiger partial charge is 0.465 e. The first-order valence-corrected chi connectivity index (χ1v) is 8.73. The van der Waals surface area contributed by atoms with E-state index in [0.717, 1.165) is 16.4 Å². The van der Waals surface area contributed by atoms with Crippen LogP contribution in [0.2, 0.25) is 5.02 Å². The van der Waals surface area contributed by atoms with E-state index in [2.05, 4.69) is 4.74 Å². The second-order valence-corrected chi connectivity index (χ2v) is 6.52. The SMILES string of the molecule is COC(=O)c1ccc(CN(C=Cc2ccc(F)c(Cl)c2)[SH](=O)=O)c(F)c1. The van der Waals surface area contributed by atoms with Gasteiger partial charge < -0.3 is 4.74 Å². The number of nitrogens with zero attached hydrogens (tertiary/aromatic N) is 1. The monoisotopic (exact) mass is 401 g/mol. The lowest BCUT2D eigenvalue weighted by Crippen LogP contribution is -2.15. The van der Waals surface area contributed by atoms with Crippen molar-refractivity contribution in [1.82, 2.24) is 4.31 Å². The van der Waals surface area contributed by atoms with Crippen LogP contribution in [0.1, 0.15) is 21.5 Å². The molecule has 0 atom stereocenters. The van der Waals surface area contributed by atoms with Gasteiger partial charge in [-0.1, -0.05) is 23.7 Å². The van der Waals surface area contributed by atoms with Crippen LogP contribution in [0.4, 0.5) is 8.78 Å². The fourth-order valence-corrected chi connectivity index (χ4v) is 2.68. The van der Waals surface area contributed by atoms with Crippen molar-refractivity contribution < 1.29 is 26.7 Å². The number of esters is 1. The van der Waals surface area contributed by atoms with Gasteiger partial charge in [0, 0.05) is 11.8 Å². The second-order valence-electron chi connectivity index (χ2n) is 5.12. The smallest absolute Gasteiger partial charge is 0.337 e. The molecule has 9 heteroatoms. The van der Waals surface area contributed by atoms with Crippen molar-refractivity contribution >= 4 is 34.5 Å². The first-order chi connectivity index (χ1) is 12.3. The van der Waals surface area contributed by atoms with Crippen LogP contribution in [-0.2, 0) is 22.2 Å². The Balaban J connectivity index is 2.21. The van der Waals surface area contributed by atoms with Crippen LogP contribution in [0.25, 0.3) is 6.08 Å². The van der Waals surface area contributed by atoms with E-state index in [1.165, 1.54) is 43.7 Å². The van der Waals surface area contributed by atoms with Gasteiger partial charge in [-0.05, 0) is 35.9 Å². The maximum atomic E-state index is 14.1. The van der Waals surface area contributed by atoms with Gasteiger partial charge in [-0.2, -0.15) is 0 Å². The fourth-order valence-electron chi connectivity index (χ4n) is 2.05. The molecule has 0 radical (unpaired) electrons. The second kappa shape index (κ2) is 8.77. The van der Waals surface area contributed by atoms with Crippen molar-refractivity contribution in [3.05, 3.63) is 75.9 Å². The third-order valence-corrected chi connectivity index (χ3v) is 4.38. The van der Waals surface area contributed by atoms with Gasteiger partial charge >= 0.3 is 5.97 Å². The standard InChI is InChI=1S/C17H14ClF2NO4S/c1-25-17(22)12-3-4-13(16(20)9-12)10-21(26(23)24)7-6-11-2-5-15(19)14(18)8-11/h2-9,26H,10H2,1H3. The molecule has 0 aliphatic carbocycles. The molecule has 0 aliphatic rings. The summed E-state index contributed by atoms with van der Waals surface area (Å²) in [7, 11) is -1.88. The van der Waals surface area contributed by atoms with Crippen molar-refractivity contribution in [1.29, 1.82) is 0 Å². The first-order valence-electron chi connectivity index (χ1n) is 7.22. The number of ether oxygens (including phenoxy) is 1. The zero-order chi connectivity index (χ0) is 19.3.